The highest BCUT2D eigenvalue weighted by Gasteiger charge is 2.09. The Kier molecular flexibility index (Phi) is 3.98. The fraction of sp³-hybridized carbons (Fsp3) is 0.273. The van der Waals surface area contributed by atoms with E-state index < -0.39 is 0 Å². The van der Waals surface area contributed by atoms with Gasteiger partial charge in [-0.3, -0.25) is 21.2 Å². The normalized spacial score (nSPS) is 12.6. The van der Waals surface area contributed by atoms with Crippen molar-refractivity contribution in [3.63, 3.8) is 0 Å². The molecule has 2 rings (SSSR count). The van der Waals surface area contributed by atoms with Crippen LogP contribution in [0.2, 0.25) is 0 Å². The molecule has 0 aliphatic carbocycles. The van der Waals surface area contributed by atoms with Gasteiger partial charge in [-0.05, 0) is 24.1 Å². The Morgan fingerprint density at radius 2 is 2.06 bits per heavy atom. The van der Waals surface area contributed by atoms with Gasteiger partial charge in [0, 0.05) is 35.9 Å². The van der Waals surface area contributed by atoms with Gasteiger partial charge in [-0.1, -0.05) is 0 Å². The van der Waals surface area contributed by atoms with Crippen LogP contribution in [-0.4, -0.2) is 16.0 Å². The van der Waals surface area contributed by atoms with Gasteiger partial charge in [-0.25, -0.2) is 0 Å². The minimum Gasteiger partial charge on any atom is -0.271 e. The van der Waals surface area contributed by atoms with Gasteiger partial charge in [0.1, 0.15) is 0 Å². The number of nitrogens with zero attached hydrogens (tertiary/aromatic N) is 2. The van der Waals surface area contributed by atoms with Crippen LogP contribution in [0.15, 0.2) is 36.2 Å². The van der Waals surface area contributed by atoms with Crippen LogP contribution in [0.4, 0.5) is 0 Å². The van der Waals surface area contributed by atoms with E-state index in [2.05, 4.69) is 15.4 Å². The summed E-state index contributed by atoms with van der Waals surface area (Å²) in [5.41, 5.74) is 5.93. The van der Waals surface area contributed by atoms with Crippen molar-refractivity contribution in [2.45, 2.75) is 18.9 Å². The maximum Gasteiger partial charge on any atom is 0.0794 e. The Morgan fingerprint density at radius 1 is 1.25 bits per heavy atom. The molecular formula is C11H14N4S. The lowest BCUT2D eigenvalue weighted by atomic mass is 10.0. The van der Waals surface area contributed by atoms with Gasteiger partial charge in [0.15, 0.2) is 0 Å². The number of aromatic nitrogens is 2. The maximum atomic E-state index is 5.56. The number of nitrogens with two attached hydrogens (primary N) is 1. The third-order valence-electron chi connectivity index (χ3n) is 2.40. The molecular weight excluding hydrogens is 220 g/mol. The van der Waals surface area contributed by atoms with Crippen molar-refractivity contribution in [2.75, 3.05) is 0 Å². The van der Waals surface area contributed by atoms with Crippen LogP contribution in [0.5, 0.6) is 0 Å². The molecule has 1 atom stereocenters. The molecule has 0 aromatic carbocycles. The summed E-state index contributed by atoms with van der Waals surface area (Å²) in [6, 6.07) is 4.26. The van der Waals surface area contributed by atoms with Crippen LogP contribution >= 0.6 is 11.3 Å². The first kappa shape index (κ1) is 11.2. The highest BCUT2D eigenvalue weighted by molar-refractivity contribution is 7.09. The molecule has 0 fully saturated rings. The Morgan fingerprint density at radius 3 is 2.69 bits per heavy atom. The SMILES string of the molecule is NNC(Cc1ccncc1)Cc1cncs1. The smallest absolute Gasteiger partial charge is 0.0794 e. The molecule has 2 aromatic rings. The number of rotatable bonds is 5. The van der Waals surface area contributed by atoms with Crippen molar-refractivity contribution >= 4 is 11.3 Å². The van der Waals surface area contributed by atoms with E-state index in [-0.39, 0.29) is 6.04 Å². The van der Waals surface area contributed by atoms with Crippen molar-refractivity contribution in [2.24, 2.45) is 5.84 Å². The average molecular weight is 234 g/mol. The van der Waals surface area contributed by atoms with Crippen molar-refractivity contribution in [1.29, 1.82) is 0 Å². The summed E-state index contributed by atoms with van der Waals surface area (Å²) in [7, 11) is 0. The molecule has 0 amide bonds. The number of thiazole rings is 1. The summed E-state index contributed by atoms with van der Waals surface area (Å²) < 4.78 is 0. The Bertz CT molecular complexity index is 401. The maximum absolute atomic E-state index is 5.56. The number of pyridine rings is 1. The average Bonchev–Trinajstić information content (AvgIpc) is 2.82. The van der Waals surface area contributed by atoms with Gasteiger partial charge >= 0.3 is 0 Å². The summed E-state index contributed by atoms with van der Waals surface area (Å²) in [6.07, 6.45) is 7.30. The second kappa shape index (κ2) is 5.69. The fourth-order valence-corrected chi connectivity index (χ4v) is 2.26. The predicted molar refractivity (Wildman–Crippen MR) is 64.9 cm³/mol. The Balaban J connectivity index is 1.96. The molecule has 2 aromatic heterocycles. The first-order chi connectivity index (χ1) is 7.88. The zero-order valence-electron chi connectivity index (χ0n) is 8.84. The van der Waals surface area contributed by atoms with E-state index in [1.54, 1.807) is 23.7 Å². The Labute approximate surface area is 98.5 Å². The summed E-state index contributed by atoms with van der Waals surface area (Å²) >= 11 is 1.66. The van der Waals surface area contributed by atoms with Crippen LogP contribution in [-0.2, 0) is 12.8 Å². The van der Waals surface area contributed by atoms with Gasteiger partial charge in [-0.15, -0.1) is 11.3 Å². The molecule has 0 bridgehead atoms. The van der Waals surface area contributed by atoms with Crippen LogP contribution in [0.1, 0.15) is 10.4 Å². The summed E-state index contributed by atoms with van der Waals surface area (Å²) in [5, 5.41) is 0. The lowest BCUT2D eigenvalue weighted by molar-refractivity contribution is 0.525. The van der Waals surface area contributed by atoms with Crippen LogP contribution in [0.3, 0.4) is 0 Å². The fourth-order valence-electron chi connectivity index (χ4n) is 1.58. The van der Waals surface area contributed by atoms with E-state index in [4.69, 9.17) is 5.84 Å². The van der Waals surface area contributed by atoms with E-state index in [0.29, 0.717) is 0 Å². The second-order valence-corrected chi connectivity index (χ2v) is 4.57. The number of hydrogen-bond acceptors (Lipinski definition) is 5. The molecule has 2 heterocycles. The number of nitrogens with one attached hydrogen (secondary N) is 1. The van der Waals surface area contributed by atoms with Crippen LogP contribution in [0, 0.1) is 0 Å². The van der Waals surface area contributed by atoms with Gasteiger partial charge in [-0.2, -0.15) is 0 Å². The first-order valence-electron chi connectivity index (χ1n) is 5.11. The van der Waals surface area contributed by atoms with E-state index in [1.165, 1.54) is 10.4 Å². The third-order valence-corrected chi connectivity index (χ3v) is 3.20. The highest BCUT2D eigenvalue weighted by atomic mass is 32.1. The topological polar surface area (TPSA) is 63.8 Å². The molecule has 0 spiro atoms. The minimum atomic E-state index is 0.239. The molecule has 0 aliphatic heterocycles. The van der Waals surface area contributed by atoms with Crippen molar-refractivity contribution in [1.82, 2.24) is 15.4 Å². The molecule has 1 unspecified atom stereocenters. The molecule has 0 saturated carbocycles. The standard InChI is InChI=1S/C11H14N4S/c12-15-10(6-11-7-14-8-16-11)5-9-1-3-13-4-2-9/h1-4,7-8,10,15H,5-6,12H2. The summed E-state index contributed by atoms with van der Waals surface area (Å²) in [6.45, 7) is 0. The van der Waals surface area contributed by atoms with E-state index in [9.17, 15) is 0 Å². The number of hydrazine groups is 1. The van der Waals surface area contributed by atoms with E-state index >= 15 is 0 Å². The van der Waals surface area contributed by atoms with Crippen LogP contribution < -0.4 is 11.3 Å². The third kappa shape index (κ3) is 3.10. The minimum absolute atomic E-state index is 0.239. The van der Waals surface area contributed by atoms with Gasteiger partial charge < -0.3 is 0 Å². The molecule has 0 radical (unpaired) electrons. The van der Waals surface area contributed by atoms with E-state index in [0.717, 1.165) is 12.8 Å². The molecule has 4 nitrogen and oxygen atoms in total. The second-order valence-electron chi connectivity index (χ2n) is 3.60. The highest BCUT2D eigenvalue weighted by Crippen LogP contribution is 2.11. The predicted octanol–water partition coefficient (Wildman–Crippen LogP) is 1.16. The zero-order chi connectivity index (χ0) is 11.2. The zero-order valence-corrected chi connectivity index (χ0v) is 9.65. The van der Waals surface area contributed by atoms with Crippen molar-refractivity contribution in [3.05, 3.63) is 46.7 Å². The monoisotopic (exact) mass is 234 g/mol. The molecule has 16 heavy (non-hydrogen) atoms. The van der Waals surface area contributed by atoms with Gasteiger partial charge in [0.05, 0.1) is 5.51 Å². The Hall–Kier alpha value is -1.30. The lowest BCUT2D eigenvalue weighted by Gasteiger charge is -2.14. The molecule has 3 N–H and O–H groups in total. The van der Waals surface area contributed by atoms with Crippen molar-refractivity contribution in [3.8, 4) is 0 Å². The van der Waals surface area contributed by atoms with Crippen LogP contribution in [0.25, 0.3) is 0 Å². The summed E-state index contributed by atoms with van der Waals surface area (Å²) in [4.78, 5) is 9.30. The van der Waals surface area contributed by atoms with Crippen molar-refractivity contribution < 1.29 is 0 Å². The summed E-state index contributed by atoms with van der Waals surface area (Å²) in [5.74, 6) is 5.56. The molecule has 0 aliphatic rings. The quantitative estimate of drug-likeness (QED) is 0.602. The molecule has 84 valence electrons. The largest absolute Gasteiger partial charge is 0.271 e. The number of hydrogen-bond donors (Lipinski definition) is 2. The first-order valence-corrected chi connectivity index (χ1v) is 5.99. The lowest BCUT2D eigenvalue weighted by Crippen LogP contribution is -2.38. The van der Waals surface area contributed by atoms with Gasteiger partial charge in [0.2, 0.25) is 0 Å². The molecule has 5 heteroatoms. The van der Waals surface area contributed by atoms with E-state index in [1.807, 2.05) is 23.8 Å². The van der Waals surface area contributed by atoms with Gasteiger partial charge in [0.25, 0.3) is 0 Å². The molecule has 0 saturated heterocycles.